The third-order valence-corrected chi connectivity index (χ3v) is 18.2. The summed E-state index contributed by atoms with van der Waals surface area (Å²) in [5, 5.41) is 10.6. The maximum atomic E-state index is 13.0. The molecule has 0 fully saturated rings. The van der Waals surface area contributed by atoms with E-state index in [1.807, 2.05) is 0 Å². The molecular formula is C71H138O17P2. The highest BCUT2D eigenvalue weighted by atomic mass is 31.2. The Balaban J connectivity index is 5.25. The van der Waals surface area contributed by atoms with E-state index in [1.54, 1.807) is 0 Å². The van der Waals surface area contributed by atoms with Gasteiger partial charge in [0, 0.05) is 25.7 Å². The summed E-state index contributed by atoms with van der Waals surface area (Å²) in [5.74, 6) is 0.843. The number of aliphatic hydroxyl groups excluding tert-OH is 1. The summed E-state index contributed by atoms with van der Waals surface area (Å²) in [6.07, 6.45) is 43.1. The molecule has 5 atom stereocenters. The fourth-order valence-electron chi connectivity index (χ4n) is 10.7. The maximum Gasteiger partial charge on any atom is 0.472 e. The van der Waals surface area contributed by atoms with Crippen LogP contribution in [0.3, 0.4) is 0 Å². The third-order valence-electron chi connectivity index (χ3n) is 16.3. The van der Waals surface area contributed by atoms with Crippen LogP contribution in [0.1, 0.15) is 351 Å². The van der Waals surface area contributed by atoms with Crippen molar-refractivity contribution < 1.29 is 80.2 Å². The number of hydrogen-bond donors (Lipinski definition) is 3. The van der Waals surface area contributed by atoms with E-state index in [2.05, 4.69) is 55.4 Å². The van der Waals surface area contributed by atoms with E-state index in [0.29, 0.717) is 31.6 Å². The van der Waals surface area contributed by atoms with Crippen molar-refractivity contribution >= 4 is 39.5 Å². The topological polar surface area (TPSA) is 237 Å². The molecule has 0 aromatic rings. The second-order valence-electron chi connectivity index (χ2n) is 27.5. The molecule has 0 aliphatic rings. The molecule has 0 amide bonds. The average Bonchev–Trinajstić information content (AvgIpc) is 2.93. The number of carbonyl (C=O) groups is 4. The number of carbonyl (C=O) groups excluding carboxylic acids is 4. The van der Waals surface area contributed by atoms with E-state index in [9.17, 15) is 43.2 Å². The minimum atomic E-state index is -4.95. The van der Waals surface area contributed by atoms with Gasteiger partial charge in [0.2, 0.25) is 0 Å². The summed E-state index contributed by atoms with van der Waals surface area (Å²) in [5.41, 5.74) is 0. The Morgan fingerprint density at radius 1 is 0.278 bits per heavy atom. The molecule has 0 radical (unpaired) electrons. The van der Waals surface area contributed by atoms with E-state index in [1.165, 1.54) is 148 Å². The number of phosphoric ester groups is 2. The molecule has 0 aromatic carbocycles. The van der Waals surface area contributed by atoms with Crippen LogP contribution in [-0.2, 0) is 65.4 Å². The molecule has 0 aliphatic heterocycles. The first-order valence-electron chi connectivity index (χ1n) is 36.7. The van der Waals surface area contributed by atoms with Crippen molar-refractivity contribution in [2.45, 2.75) is 369 Å². The predicted molar refractivity (Wildman–Crippen MR) is 363 cm³/mol. The number of aliphatic hydroxyl groups is 1. The van der Waals surface area contributed by atoms with Gasteiger partial charge < -0.3 is 33.8 Å². The normalized spacial score (nSPS) is 14.3. The van der Waals surface area contributed by atoms with Crippen molar-refractivity contribution in [1.29, 1.82) is 0 Å². The molecule has 0 saturated heterocycles. The fourth-order valence-corrected chi connectivity index (χ4v) is 12.2. The number of hydrogen-bond acceptors (Lipinski definition) is 15. The van der Waals surface area contributed by atoms with Crippen molar-refractivity contribution in [3.63, 3.8) is 0 Å². The van der Waals surface area contributed by atoms with Gasteiger partial charge in [0.1, 0.15) is 19.3 Å². The molecule has 0 spiro atoms. The monoisotopic (exact) mass is 1320 g/mol. The lowest BCUT2D eigenvalue weighted by atomic mass is 10.0. The Hall–Kier alpha value is -1.94. The van der Waals surface area contributed by atoms with Crippen LogP contribution in [0.4, 0.5) is 0 Å². The molecular weight excluding hydrogens is 1190 g/mol. The van der Waals surface area contributed by atoms with E-state index in [0.717, 1.165) is 114 Å². The Morgan fingerprint density at radius 2 is 0.467 bits per heavy atom. The standard InChI is InChI=1S/C71H138O17P2/c1-61(2)47-39-31-23-16-12-10-9-11-13-19-28-37-45-53-70(75)87-67(58-82-69(74)52-44-36-30-22-26-34-42-50-64(7)8)60-86-90(79,80)84-56-65(72)55-83-89(77,78)85-59-66(88-71(76)54-46-38-29-21-15-18-25-33-41-49-63(5)6)57-81-68(73)51-43-35-27-20-14-17-24-32-40-48-62(3)4/h61-67,72H,9-60H2,1-8H3,(H,77,78)(H,79,80)/t65?,66-,67-/m1/s1. The van der Waals surface area contributed by atoms with Crippen LogP contribution in [0.25, 0.3) is 0 Å². The summed E-state index contributed by atoms with van der Waals surface area (Å²) < 4.78 is 68.3. The SMILES string of the molecule is CC(C)CCCCCCCCCCCCCCCC(=O)O[C@H](COC(=O)CCCCCCCCCC(C)C)COP(=O)(O)OCC(O)COP(=O)(O)OC[C@@H](COC(=O)CCCCCCCCCCCC(C)C)OC(=O)CCCCCCCCCCCC(C)C. The zero-order valence-corrected chi connectivity index (χ0v) is 60.6. The lowest BCUT2D eigenvalue weighted by Gasteiger charge is -2.21. The summed E-state index contributed by atoms with van der Waals surface area (Å²) in [6.45, 7) is 14.1. The lowest BCUT2D eigenvalue weighted by molar-refractivity contribution is -0.161. The third kappa shape index (κ3) is 64.8. The molecule has 0 bridgehead atoms. The van der Waals surface area contributed by atoms with Gasteiger partial charge in [0.25, 0.3) is 0 Å². The highest BCUT2D eigenvalue weighted by molar-refractivity contribution is 7.47. The first-order valence-corrected chi connectivity index (χ1v) is 39.7. The minimum absolute atomic E-state index is 0.104. The van der Waals surface area contributed by atoms with Crippen molar-refractivity contribution in [1.82, 2.24) is 0 Å². The van der Waals surface area contributed by atoms with E-state index in [-0.39, 0.29) is 25.7 Å². The van der Waals surface area contributed by atoms with Crippen LogP contribution in [0, 0.1) is 23.7 Å². The molecule has 0 rings (SSSR count). The Bertz CT molecular complexity index is 1780. The Kier molecular flexibility index (Phi) is 59.4. The summed E-state index contributed by atoms with van der Waals surface area (Å²) >= 11 is 0. The highest BCUT2D eigenvalue weighted by Crippen LogP contribution is 2.45. The van der Waals surface area contributed by atoms with E-state index >= 15 is 0 Å². The van der Waals surface area contributed by atoms with Gasteiger partial charge >= 0.3 is 39.5 Å². The van der Waals surface area contributed by atoms with Crippen molar-refractivity contribution in [2.24, 2.45) is 23.7 Å². The summed E-state index contributed by atoms with van der Waals surface area (Å²) in [7, 11) is -9.90. The van der Waals surface area contributed by atoms with Gasteiger partial charge in [-0.05, 0) is 49.4 Å². The molecule has 0 aliphatic carbocycles. The first kappa shape index (κ1) is 88.1. The molecule has 19 heteroatoms. The van der Waals surface area contributed by atoms with Gasteiger partial charge in [-0.1, -0.05) is 299 Å². The predicted octanol–water partition coefficient (Wildman–Crippen LogP) is 20.1. The molecule has 3 N–H and O–H groups in total. The van der Waals surface area contributed by atoms with E-state index in [4.69, 9.17) is 37.0 Å². The molecule has 17 nitrogen and oxygen atoms in total. The van der Waals surface area contributed by atoms with Gasteiger partial charge in [0.05, 0.1) is 26.4 Å². The first-order chi connectivity index (χ1) is 43.1. The summed E-state index contributed by atoms with van der Waals surface area (Å²) in [4.78, 5) is 72.6. The van der Waals surface area contributed by atoms with Crippen molar-refractivity contribution in [3.8, 4) is 0 Å². The molecule has 0 heterocycles. The maximum absolute atomic E-state index is 13.0. The number of phosphoric acid groups is 2. The van der Waals surface area contributed by atoms with Crippen LogP contribution in [-0.4, -0.2) is 96.7 Å². The van der Waals surface area contributed by atoms with Crippen LogP contribution in [0.2, 0.25) is 0 Å². The highest BCUT2D eigenvalue weighted by Gasteiger charge is 2.30. The molecule has 0 saturated carbocycles. The minimum Gasteiger partial charge on any atom is -0.462 e. The number of unbranched alkanes of at least 4 members (excludes halogenated alkanes) is 34. The van der Waals surface area contributed by atoms with Crippen LogP contribution in [0.15, 0.2) is 0 Å². The quantitative estimate of drug-likeness (QED) is 0.0222. The number of esters is 4. The van der Waals surface area contributed by atoms with Gasteiger partial charge in [-0.25, -0.2) is 9.13 Å². The van der Waals surface area contributed by atoms with Crippen LogP contribution < -0.4 is 0 Å². The number of rotatable bonds is 68. The zero-order valence-electron chi connectivity index (χ0n) is 58.8. The van der Waals surface area contributed by atoms with Crippen LogP contribution >= 0.6 is 15.6 Å². The van der Waals surface area contributed by atoms with Gasteiger partial charge in [-0.3, -0.25) is 37.3 Å². The molecule has 90 heavy (non-hydrogen) atoms. The van der Waals surface area contributed by atoms with Crippen LogP contribution in [0.5, 0.6) is 0 Å². The second-order valence-corrected chi connectivity index (χ2v) is 30.4. The van der Waals surface area contributed by atoms with Gasteiger partial charge in [0.15, 0.2) is 12.2 Å². The molecule has 3 unspecified atom stereocenters. The van der Waals surface area contributed by atoms with Crippen molar-refractivity contribution in [3.05, 3.63) is 0 Å². The smallest absolute Gasteiger partial charge is 0.462 e. The summed E-state index contributed by atoms with van der Waals surface area (Å²) in [6, 6.07) is 0. The lowest BCUT2D eigenvalue weighted by Crippen LogP contribution is -2.30. The Labute approximate surface area is 549 Å². The second kappa shape index (κ2) is 60.7. The Morgan fingerprint density at radius 3 is 0.689 bits per heavy atom. The van der Waals surface area contributed by atoms with Crippen molar-refractivity contribution in [2.75, 3.05) is 39.6 Å². The molecule has 534 valence electrons. The fraction of sp³-hybridized carbons (Fsp3) is 0.944. The van der Waals surface area contributed by atoms with E-state index < -0.39 is 97.5 Å². The molecule has 0 aromatic heterocycles. The zero-order chi connectivity index (χ0) is 66.8. The van der Waals surface area contributed by atoms with Gasteiger partial charge in [-0.15, -0.1) is 0 Å². The average molecular weight is 1330 g/mol. The van der Waals surface area contributed by atoms with Gasteiger partial charge in [-0.2, -0.15) is 0 Å². The largest absolute Gasteiger partial charge is 0.472 e. The number of ether oxygens (including phenoxy) is 4.